The van der Waals surface area contributed by atoms with E-state index >= 15 is 0 Å². The number of allylic oxidation sites excluding steroid dienone is 8. The van der Waals surface area contributed by atoms with Crippen molar-refractivity contribution in [3.8, 4) is 0 Å². The summed E-state index contributed by atoms with van der Waals surface area (Å²) >= 11 is 0. The summed E-state index contributed by atoms with van der Waals surface area (Å²) in [5.74, 6) is -0.872. The topological polar surface area (TPSA) is 78.9 Å². The lowest BCUT2D eigenvalue weighted by molar-refractivity contribution is -0.167. The molecule has 0 heterocycles. The molecular weight excluding hydrogens is 877 g/mol. The van der Waals surface area contributed by atoms with Crippen LogP contribution in [0, 0.1) is 0 Å². The Hall–Kier alpha value is -2.63. The van der Waals surface area contributed by atoms with Crippen molar-refractivity contribution in [2.24, 2.45) is 0 Å². The van der Waals surface area contributed by atoms with Crippen molar-refractivity contribution in [1.82, 2.24) is 0 Å². The van der Waals surface area contributed by atoms with Crippen molar-refractivity contribution >= 4 is 17.9 Å². The van der Waals surface area contributed by atoms with E-state index in [9.17, 15) is 14.4 Å². The van der Waals surface area contributed by atoms with E-state index < -0.39 is 6.10 Å². The van der Waals surface area contributed by atoms with E-state index in [1.807, 2.05) is 0 Å². The van der Waals surface area contributed by atoms with Gasteiger partial charge in [0.05, 0.1) is 0 Å². The van der Waals surface area contributed by atoms with Gasteiger partial charge in [-0.25, -0.2) is 0 Å². The van der Waals surface area contributed by atoms with E-state index in [0.717, 1.165) is 83.5 Å². The van der Waals surface area contributed by atoms with Crippen molar-refractivity contribution < 1.29 is 28.6 Å². The molecule has 0 bridgehead atoms. The second-order valence-corrected chi connectivity index (χ2v) is 21.0. The van der Waals surface area contributed by atoms with Gasteiger partial charge in [-0.2, -0.15) is 0 Å². The van der Waals surface area contributed by atoms with Gasteiger partial charge in [0.2, 0.25) is 0 Å². The van der Waals surface area contributed by atoms with Crippen molar-refractivity contribution in [2.75, 3.05) is 13.2 Å². The van der Waals surface area contributed by atoms with E-state index in [2.05, 4.69) is 69.4 Å². The van der Waals surface area contributed by atoms with Gasteiger partial charge in [-0.05, 0) is 83.5 Å². The van der Waals surface area contributed by atoms with Crippen LogP contribution >= 0.6 is 0 Å². The summed E-state index contributed by atoms with van der Waals surface area (Å²) in [4.78, 5) is 38.3. The Morgan fingerprint density at radius 1 is 0.282 bits per heavy atom. The minimum atomic E-state index is -0.779. The van der Waals surface area contributed by atoms with Crippen LogP contribution in [0.5, 0.6) is 0 Å². The monoisotopic (exact) mass is 995 g/mol. The average Bonchev–Trinajstić information content (AvgIpc) is 3.37. The maximum atomic E-state index is 12.9. The third kappa shape index (κ3) is 58.1. The summed E-state index contributed by atoms with van der Waals surface area (Å²) in [6.45, 7) is 6.64. The van der Waals surface area contributed by atoms with Gasteiger partial charge in [0.1, 0.15) is 13.2 Å². The first-order valence-electron chi connectivity index (χ1n) is 31.1. The zero-order chi connectivity index (χ0) is 51.4. The first kappa shape index (κ1) is 68.4. The molecule has 0 aliphatic heterocycles. The fourth-order valence-corrected chi connectivity index (χ4v) is 9.09. The molecule has 0 aliphatic carbocycles. The highest BCUT2D eigenvalue weighted by molar-refractivity contribution is 5.71. The maximum absolute atomic E-state index is 12.9. The molecule has 0 saturated carbocycles. The summed E-state index contributed by atoms with van der Waals surface area (Å²) in [5, 5.41) is 0. The molecule has 0 aliphatic rings. The van der Waals surface area contributed by atoms with E-state index in [1.165, 1.54) is 205 Å². The third-order valence-corrected chi connectivity index (χ3v) is 13.8. The van der Waals surface area contributed by atoms with Crippen LogP contribution in [-0.2, 0) is 28.6 Å². The van der Waals surface area contributed by atoms with Crippen molar-refractivity contribution in [3.63, 3.8) is 0 Å². The Morgan fingerprint density at radius 2 is 0.507 bits per heavy atom. The van der Waals surface area contributed by atoms with Gasteiger partial charge in [-0.15, -0.1) is 0 Å². The second-order valence-electron chi connectivity index (χ2n) is 21.0. The summed E-state index contributed by atoms with van der Waals surface area (Å²) in [7, 11) is 0. The third-order valence-electron chi connectivity index (χ3n) is 13.8. The van der Waals surface area contributed by atoms with Gasteiger partial charge < -0.3 is 14.2 Å². The summed E-state index contributed by atoms with van der Waals surface area (Å²) < 4.78 is 16.9. The summed E-state index contributed by atoms with van der Waals surface area (Å²) in [6.07, 6.45) is 73.9. The highest BCUT2D eigenvalue weighted by atomic mass is 16.6. The minimum absolute atomic E-state index is 0.0755. The number of ether oxygens (including phenoxy) is 3. The Bertz CT molecular complexity index is 1230. The normalized spacial score (nSPS) is 12.3. The fraction of sp³-hybridized carbons (Fsp3) is 0.831. The molecule has 0 spiro atoms. The SMILES string of the molecule is CCCCCC/C=C\C/C=C\CCCCCCCCCC(=O)OCC(COC(=O)CCCCCCCCCCCCCCCCCCC)OC(=O)CCCCCCCCC/C=C\C/C=C\CCCCCC. The number of esters is 3. The summed E-state index contributed by atoms with van der Waals surface area (Å²) in [6, 6.07) is 0. The molecule has 0 rings (SSSR count). The zero-order valence-electron chi connectivity index (χ0n) is 47.5. The standard InChI is InChI=1S/C65H118O6/c1-4-7-10-13-16-19-22-25-28-31-34-37-40-43-46-49-52-55-58-64(67)70-61-62(60-69-63(66)57-54-51-48-45-42-39-36-33-30-27-24-21-18-15-12-9-6-3)71-65(68)59-56-53-50-47-44-41-38-35-32-29-26-23-20-17-14-11-8-5-2/h19-20,22-23,28-29,31-32,62H,4-18,21,24-27,30,33-61H2,1-3H3/b22-19-,23-20-,31-28-,32-29-. The highest BCUT2D eigenvalue weighted by Gasteiger charge is 2.19. The van der Waals surface area contributed by atoms with E-state index in [-0.39, 0.29) is 31.1 Å². The van der Waals surface area contributed by atoms with E-state index in [4.69, 9.17) is 14.2 Å². The van der Waals surface area contributed by atoms with Gasteiger partial charge in [-0.3, -0.25) is 14.4 Å². The smallest absolute Gasteiger partial charge is 0.306 e. The molecule has 0 aromatic heterocycles. The van der Waals surface area contributed by atoms with Crippen LogP contribution < -0.4 is 0 Å². The minimum Gasteiger partial charge on any atom is -0.462 e. The molecule has 0 aromatic rings. The van der Waals surface area contributed by atoms with Crippen LogP contribution in [0.4, 0.5) is 0 Å². The number of carbonyl (C=O) groups is 3. The molecule has 6 nitrogen and oxygen atoms in total. The van der Waals surface area contributed by atoms with Crippen molar-refractivity contribution in [1.29, 1.82) is 0 Å². The van der Waals surface area contributed by atoms with Gasteiger partial charge in [0.25, 0.3) is 0 Å². The molecule has 1 unspecified atom stereocenters. The van der Waals surface area contributed by atoms with E-state index in [0.29, 0.717) is 19.3 Å². The largest absolute Gasteiger partial charge is 0.462 e. The Labute approximate surface area is 441 Å². The molecular formula is C65H118O6. The molecule has 1 atom stereocenters. The van der Waals surface area contributed by atoms with Crippen LogP contribution in [0.25, 0.3) is 0 Å². The first-order chi connectivity index (χ1) is 35.0. The number of hydrogen-bond acceptors (Lipinski definition) is 6. The number of carbonyl (C=O) groups excluding carboxylic acids is 3. The van der Waals surface area contributed by atoms with Crippen molar-refractivity contribution in [2.45, 2.75) is 335 Å². The lowest BCUT2D eigenvalue weighted by Crippen LogP contribution is -2.30. The van der Waals surface area contributed by atoms with Gasteiger partial charge in [0, 0.05) is 19.3 Å². The molecule has 71 heavy (non-hydrogen) atoms. The van der Waals surface area contributed by atoms with Gasteiger partial charge in [-0.1, -0.05) is 275 Å². The maximum Gasteiger partial charge on any atom is 0.306 e. The van der Waals surface area contributed by atoms with Crippen LogP contribution in [0.3, 0.4) is 0 Å². The molecule has 6 heteroatoms. The molecule has 0 N–H and O–H groups in total. The molecule has 0 aromatic carbocycles. The molecule has 0 saturated heterocycles. The summed E-state index contributed by atoms with van der Waals surface area (Å²) in [5.41, 5.74) is 0. The quantitative estimate of drug-likeness (QED) is 0.0261. The predicted octanol–water partition coefficient (Wildman–Crippen LogP) is 21.0. The molecule has 414 valence electrons. The Kier molecular flexibility index (Phi) is 57.7. The first-order valence-corrected chi connectivity index (χ1v) is 31.1. The number of rotatable bonds is 57. The van der Waals surface area contributed by atoms with Crippen LogP contribution in [0.1, 0.15) is 329 Å². The Morgan fingerprint density at radius 3 is 0.789 bits per heavy atom. The predicted molar refractivity (Wildman–Crippen MR) is 307 cm³/mol. The van der Waals surface area contributed by atoms with Gasteiger partial charge in [0.15, 0.2) is 6.10 Å². The highest BCUT2D eigenvalue weighted by Crippen LogP contribution is 2.17. The lowest BCUT2D eigenvalue weighted by Gasteiger charge is -2.18. The molecule has 0 radical (unpaired) electrons. The molecule has 0 amide bonds. The fourth-order valence-electron chi connectivity index (χ4n) is 9.09. The van der Waals surface area contributed by atoms with Crippen LogP contribution in [-0.4, -0.2) is 37.2 Å². The van der Waals surface area contributed by atoms with E-state index in [1.54, 1.807) is 0 Å². The Balaban J connectivity index is 4.37. The average molecular weight is 996 g/mol. The van der Waals surface area contributed by atoms with Gasteiger partial charge >= 0.3 is 17.9 Å². The second kappa shape index (κ2) is 59.9. The number of unbranched alkanes of at least 4 members (excludes halogenated alkanes) is 38. The zero-order valence-corrected chi connectivity index (χ0v) is 47.5. The molecule has 0 fully saturated rings. The van der Waals surface area contributed by atoms with Crippen LogP contribution in [0.15, 0.2) is 48.6 Å². The van der Waals surface area contributed by atoms with Crippen LogP contribution in [0.2, 0.25) is 0 Å². The number of hydrogen-bond donors (Lipinski definition) is 0. The lowest BCUT2D eigenvalue weighted by atomic mass is 10.0. The van der Waals surface area contributed by atoms with Crippen molar-refractivity contribution in [3.05, 3.63) is 48.6 Å².